The zero-order chi connectivity index (χ0) is 17.3. The second-order valence-corrected chi connectivity index (χ2v) is 7.43. The summed E-state index contributed by atoms with van der Waals surface area (Å²) in [7, 11) is -4.16. The first-order chi connectivity index (χ1) is 11.3. The van der Waals surface area contributed by atoms with Crippen LogP contribution in [0.25, 0.3) is 5.69 Å². The lowest BCUT2D eigenvalue weighted by molar-refractivity contribution is 0.568. The maximum atomic E-state index is 13.3. The average molecular weight is 414 g/mol. The van der Waals surface area contributed by atoms with Crippen LogP contribution in [0.1, 0.15) is 0 Å². The summed E-state index contributed by atoms with van der Waals surface area (Å²) in [6.45, 7) is 0. The van der Waals surface area contributed by atoms with Crippen molar-refractivity contribution in [2.24, 2.45) is 0 Å². The molecule has 0 aliphatic rings. The van der Waals surface area contributed by atoms with Gasteiger partial charge in [0.25, 0.3) is 10.0 Å². The Morgan fingerprint density at radius 2 is 1.75 bits per heavy atom. The third kappa shape index (κ3) is 3.46. The SMILES string of the molecule is O=S(=O)(Nc1ccccc1-n1cc(Br)cn1)c1cc(F)cc(F)c1. The van der Waals surface area contributed by atoms with Crippen LogP contribution >= 0.6 is 15.9 Å². The number of hydrogen-bond acceptors (Lipinski definition) is 3. The van der Waals surface area contributed by atoms with E-state index in [1.165, 1.54) is 10.7 Å². The van der Waals surface area contributed by atoms with Gasteiger partial charge in [-0.1, -0.05) is 12.1 Å². The number of nitrogens with one attached hydrogen (secondary N) is 1. The number of nitrogens with zero attached hydrogens (tertiary/aromatic N) is 2. The maximum Gasteiger partial charge on any atom is 0.262 e. The molecule has 2 aromatic carbocycles. The number of para-hydroxylation sites is 2. The predicted octanol–water partition coefficient (Wildman–Crippen LogP) is 3.71. The van der Waals surface area contributed by atoms with E-state index in [-0.39, 0.29) is 5.69 Å². The Hall–Kier alpha value is -2.26. The van der Waals surface area contributed by atoms with Crippen molar-refractivity contribution in [2.45, 2.75) is 4.90 Å². The van der Waals surface area contributed by atoms with Crippen molar-refractivity contribution >= 4 is 31.6 Å². The second-order valence-electron chi connectivity index (χ2n) is 4.83. The molecule has 3 aromatic rings. The molecule has 0 aliphatic heterocycles. The molecule has 0 atom stereocenters. The zero-order valence-electron chi connectivity index (χ0n) is 11.9. The summed E-state index contributed by atoms with van der Waals surface area (Å²) < 4.78 is 55.9. The van der Waals surface area contributed by atoms with Crippen molar-refractivity contribution in [3.63, 3.8) is 0 Å². The van der Waals surface area contributed by atoms with Crippen LogP contribution in [0.15, 0.2) is 64.2 Å². The molecule has 0 fully saturated rings. The quantitative estimate of drug-likeness (QED) is 0.708. The van der Waals surface area contributed by atoms with Crippen molar-refractivity contribution in [1.29, 1.82) is 0 Å². The molecule has 1 aromatic heterocycles. The molecule has 0 radical (unpaired) electrons. The van der Waals surface area contributed by atoms with Crippen LogP contribution in [0, 0.1) is 11.6 Å². The van der Waals surface area contributed by atoms with E-state index in [2.05, 4.69) is 25.8 Å². The molecule has 0 saturated heterocycles. The number of hydrogen-bond donors (Lipinski definition) is 1. The van der Waals surface area contributed by atoms with Crippen molar-refractivity contribution in [3.8, 4) is 5.69 Å². The highest BCUT2D eigenvalue weighted by atomic mass is 79.9. The summed E-state index contributed by atoms with van der Waals surface area (Å²) in [6, 6.07) is 8.63. The minimum Gasteiger partial charge on any atom is -0.277 e. The average Bonchev–Trinajstić information content (AvgIpc) is 2.93. The number of aromatic nitrogens is 2. The van der Waals surface area contributed by atoms with Gasteiger partial charge in [0.1, 0.15) is 11.6 Å². The standard InChI is InChI=1S/C15H10BrF2N3O2S/c16-10-8-19-21(9-10)15-4-2-1-3-14(15)20-24(22,23)13-6-11(17)5-12(18)7-13/h1-9,20H. The fraction of sp³-hybridized carbons (Fsp3) is 0. The van der Waals surface area contributed by atoms with Gasteiger partial charge < -0.3 is 0 Å². The fourth-order valence-electron chi connectivity index (χ4n) is 2.08. The highest BCUT2D eigenvalue weighted by Gasteiger charge is 2.18. The van der Waals surface area contributed by atoms with Crippen LogP contribution in [-0.2, 0) is 10.0 Å². The van der Waals surface area contributed by atoms with Crippen LogP contribution in [0.4, 0.5) is 14.5 Å². The highest BCUT2D eigenvalue weighted by Crippen LogP contribution is 2.24. The minimum absolute atomic E-state index is 0.220. The topological polar surface area (TPSA) is 64.0 Å². The summed E-state index contributed by atoms with van der Waals surface area (Å²) in [4.78, 5) is -0.503. The van der Waals surface area contributed by atoms with Gasteiger partial charge in [-0.15, -0.1) is 0 Å². The van der Waals surface area contributed by atoms with E-state index in [0.717, 1.165) is 12.1 Å². The Bertz CT molecular complexity index is 985. The Labute approximate surface area is 145 Å². The Balaban J connectivity index is 2.02. The van der Waals surface area contributed by atoms with Gasteiger partial charge in [0.05, 0.1) is 26.9 Å². The second kappa shape index (κ2) is 6.33. The van der Waals surface area contributed by atoms with E-state index < -0.39 is 26.6 Å². The van der Waals surface area contributed by atoms with Crippen LogP contribution in [-0.4, -0.2) is 18.2 Å². The molecule has 3 rings (SSSR count). The number of anilines is 1. The smallest absolute Gasteiger partial charge is 0.262 e. The maximum absolute atomic E-state index is 13.3. The van der Waals surface area contributed by atoms with Gasteiger partial charge in [0.15, 0.2) is 0 Å². The molecule has 0 spiro atoms. The molecule has 1 N–H and O–H groups in total. The molecule has 0 saturated carbocycles. The molecule has 0 aliphatic carbocycles. The molecular formula is C15H10BrF2N3O2S. The third-order valence-electron chi connectivity index (χ3n) is 3.09. The van der Waals surface area contributed by atoms with E-state index in [4.69, 9.17) is 0 Å². The van der Waals surface area contributed by atoms with Crippen molar-refractivity contribution < 1.29 is 17.2 Å². The van der Waals surface area contributed by atoms with E-state index in [1.54, 1.807) is 30.6 Å². The Morgan fingerprint density at radius 3 is 2.38 bits per heavy atom. The molecular weight excluding hydrogens is 404 g/mol. The summed E-state index contributed by atoms with van der Waals surface area (Å²) in [5.74, 6) is -1.95. The lowest BCUT2D eigenvalue weighted by Gasteiger charge is -2.12. The zero-order valence-corrected chi connectivity index (χ0v) is 14.4. The summed E-state index contributed by atoms with van der Waals surface area (Å²) >= 11 is 3.26. The van der Waals surface area contributed by atoms with Gasteiger partial charge in [-0.3, -0.25) is 4.72 Å². The van der Waals surface area contributed by atoms with Gasteiger partial charge in [-0.2, -0.15) is 5.10 Å². The van der Waals surface area contributed by atoms with E-state index in [9.17, 15) is 17.2 Å². The van der Waals surface area contributed by atoms with Crippen LogP contribution in [0.3, 0.4) is 0 Å². The normalized spacial score (nSPS) is 11.5. The van der Waals surface area contributed by atoms with Gasteiger partial charge in [-0.25, -0.2) is 21.9 Å². The molecule has 5 nitrogen and oxygen atoms in total. The van der Waals surface area contributed by atoms with Gasteiger partial charge in [0.2, 0.25) is 0 Å². The van der Waals surface area contributed by atoms with E-state index in [1.807, 2.05) is 0 Å². The molecule has 24 heavy (non-hydrogen) atoms. The van der Waals surface area contributed by atoms with Crippen molar-refractivity contribution in [2.75, 3.05) is 4.72 Å². The summed E-state index contributed by atoms with van der Waals surface area (Å²) in [5.41, 5.74) is 0.682. The Morgan fingerprint density at radius 1 is 1.08 bits per heavy atom. The van der Waals surface area contributed by atoms with Crippen LogP contribution < -0.4 is 4.72 Å². The first kappa shape index (κ1) is 16.6. The predicted molar refractivity (Wildman–Crippen MR) is 88.4 cm³/mol. The molecule has 124 valence electrons. The molecule has 0 amide bonds. The molecule has 1 heterocycles. The first-order valence-corrected chi connectivity index (χ1v) is 8.91. The summed E-state index contributed by atoms with van der Waals surface area (Å²) in [6.07, 6.45) is 3.20. The van der Waals surface area contributed by atoms with Crippen LogP contribution in [0.2, 0.25) is 0 Å². The molecule has 0 unspecified atom stereocenters. The number of halogens is 3. The number of rotatable bonds is 4. The summed E-state index contributed by atoms with van der Waals surface area (Å²) in [5, 5.41) is 4.09. The van der Waals surface area contributed by atoms with Gasteiger partial charge in [-0.05, 0) is 40.2 Å². The Kier molecular flexibility index (Phi) is 4.37. The van der Waals surface area contributed by atoms with Crippen molar-refractivity contribution in [1.82, 2.24) is 9.78 Å². The van der Waals surface area contributed by atoms with Crippen LogP contribution in [0.5, 0.6) is 0 Å². The van der Waals surface area contributed by atoms with Crippen molar-refractivity contribution in [3.05, 3.63) is 71.0 Å². The number of benzene rings is 2. The first-order valence-electron chi connectivity index (χ1n) is 6.64. The van der Waals surface area contributed by atoms with E-state index >= 15 is 0 Å². The fourth-order valence-corrected chi connectivity index (χ4v) is 3.48. The third-order valence-corrected chi connectivity index (χ3v) is 4.85. The molecule has 0 bridgehead atoms. The minimum atomic E-state index is -4.16. The lowest BCUT2D eigenvalue weighted by atomic mass is 10.3. The highest BCUT2D eigenvalue weighted by molar-refractivity contribution is 9.10. The number of sulfonamides is 1. The van der Waals surface area contributed by atoms with Gasteiger partial charge in [0, 0.05) is 12.3 Å². The monoisotopic (exact) mass is 413 g/mol. The van der Waals surface area contributed by atoms with E-state index in [0.29, 0.717) is 16.2 Å². The largest absolute Gasteiger partial charge is 0.277 e. The van der Waals surface area contributed by atoms with Gasteiger partial charge >= 0.3 is 0 Å². The lowest BCUT2D eigenvalue weighted by Crippen LogP contribution is -2.15. The molecule has 9 heteroatoms.